The Morgan fingerprint density at radius 1 is 1.00 bits per heavy atom. The van der Waals surface area contributed by atoms with Crippen molar-refractivity contribution in [1.82, 2.24) is 14.8 Å². The fourth-order valence-corrected chi connectivity index (χ4v) is 3.27. The smallest absolute Gasteiger partial charge is 0.322 e. The van der Waals surface area contributed by atoms with Crippen LogP contribution in [0.3, 0.4) is 0 Å². The van der Waals surface area contributed by atoms with Gasteiger partial charge in [-0.15, -0.1) is 0 Å². The van der Waals surface area contributed by atoms with E-state index in [0.29, 0.717) is 23.6 Å². The fourth-order valence-electron chi connectivity index (χ4n) is 3.27. The molecule has 8 nitrogen and oxygen atoms in total. The lowest BCUT2D eigenvalue weighted by Crippen LogP contribution is -2.36. The van der Waals surface area contributed by atoms with Crippen LogP contribution in [0.25, 0.3) is 0 Å². The first-order valence-electron chi connectivity index (χ1n) is 10.9. The Morgan fingerprint density at radius 3 is 2.47 bits per heavy atom. The fraction of sp³-hybridized carbons (Fsp3) is 0.240. The summed E-state index contributed by atoms with van der Waals surface area (Å²) in [7, 11) is 3.93. The number of carbonyl (C=O) groups excluding carboxylic acids is 2. The van der Waals surface area contributed by atoms with Crippen molar-refractivity contribution in [2.45, 2.75) is 13.0 Å². The number of nitrogen functional groups attached to an aromatic ring is 1. The van der Waals surface area contributed by atoms with Gasteiger partial charge in [0, 0.05) is 25.0 Å². The normalized spacial score (nSPS) is 10.7. The number of amides is 3. The van der Waals surface area contributed by atoms with Crippen LogP contribution in [0.15, 0.2) is 66.9 Å². The second-order valence-corrected chi connectivity index (χ2v) is 8.11. The van der Waals surface area contributed by atoms with Crippen molar-refractivity contribution in [3.8, 4) is 0 Å². The predicted octanol–water partition coefficient (Wildman–Crippen LogP) is 4.04. The van der Waals surface area contributed by atoms with E-state index in [4.69, 9.17) is 5.73 Å². The van der Waals surface area contributed by atoms with Gasteiger partial charge in [-0.25, -0.2) is 9.18 Å². The summed E-state index contributed by atoms with van der Waals surface area (Å²) in [6.07, 6.45) is 2.33. The molecule has 34 heavy (non-hydrogen) atoms. The molecule has 178 valence electrons. The van der Waals surface area contributed by atoms with Gasteiger partial charge in [-0.3, -0.25) is 9.78 Å². The monoisotopic (exact) mass is 464 g/mol. The molecule has 0 aliphatic carbocycles. The molecule has 0 saturated heterocycles. The van der Waals surface area contributed by atoms with Gasteiger partial charge in [0.25, 0.3) is 5.91 Å². The maximum atomic E-state index is 13.5. The Hall–Kier alpha value is -3.98. The molecular weight excluding hydrogens is 435 g/mol. The van der Waals surface area contributed by atoms with Crippen molar-refractivity contribution in [2.75, 3.05) is 43.6 Å². The molecule has 0 radical (unpaired) electrons. The Labute approximate surface area is 198 Å². The number of rotatable bonds is 9. The van der Waals surface area contributed by atoms with E-state index in [9.17, 15) is 14.0 Å². The van der Waals surface area contributed by atoms with Crippen LogP contribution in [-0.4, -0.2) is 53.9 Å². The second kappa shape index (κ2) is 11.8. The van der Waals surface area contributed by atoms with E-state index in [1.165, 1.54) is 18.2 Å². The lowest BCUT2D eigenvalue weighted by Gasteiger charge is -2.24. The van der Waals surface area contributed by atoms with Gasteiger partial charge < -0.3 is 26.2 Å². The molecule has 9 heteroatoms. The number of nitrogens with zero attached hydrogens (tertiary/aromatic N) is 3. The topological polar surface area (TPSA) is 104 Å². The minimum absolute atomic E-state index is 0.232. The number of anilines is 3. The minimum atomic E-state index is -0.424. The summed E-state index contributed by atoms with van der Waals surface area (Å²) in [5, 5.41) is 5.48. The lowest BCUT2D eigenvalue weighted by atomic mass is 10.2. The predicted molar refractivity (Wildman–Crippen MR) is 132 cm³/mol. The van der Waals surface area contributed by atoms with Crippen LogP contribution >= 0.6 is 0 Å². The van der Waals surface area contributed by atoms with Crippen LogP contribution < -0.4 is 16.4 Å². The highest BCUT2D eigenvalue weighted by molar-refractivity contribution is 6.04. The first-order chi connectivity index (χ1) is 16.3. The standard InChI is InChI=1S/C25H29FN6O2/c1-31(2)13-6-14-32(25(34)29-20-8-5-7-19(26)15-20)17-18-11-12-23(28-16-18)24(33)30-22-10-4-3-9-21(22)27/h3-5,7-12,15-16H,6,13-14,17,27H2,1-2H3,(H,29,34)(H,30,33). The summed E-state index contributed by atoms with van der Waals surface area (Å²) in [6.45, 7) is 1.59. The van der Waals surface area contributed by atoms with E-state index < -0.39 is 5.82 Å². The van der Waals surface area contributed by atoms with Crippen LogP contribution in [-0.2, 0) is 6.54 Å². The third-order valence-corrected chi connectivity index (χ3v) is 5.04. The zero-order valence-corrected chi connectivity index (χ0v) is 19.3. The summed E-state index contributed by atoms with van der Waals surface area (Å²) in [4.78, 5) is 33.3. The number of para-hydroxylation sites is 2. The summed E-state index contributed by atoms with van der Waals surface area (Å²) in [5.41, 5.74) is 8.22. The van der Waals surface area contributed by atoms with Crippen molar-refractivity contribution < 1.29 is 14.0 Å². The number of hydrogen-bond donors (Lipinski definition) is 3. The maximum absolute atomic E-state index is 13.5. The van der Waals surface area contributed by atoms with E-state index in [2.05, 4.69) is 15.6 Å². The van der Waals surface area contributed by atoms with Gasteiger partial charge in [-0.1, -0.05) is 24.3 Å². The number of hydrogen-bond acceptors (Lipinski definition) is 5. The second-order valence-electron chi connectivity index (χ2n) is 8.11. The Balaban J connectivity index is 1.67. The van der Waals surface area contributed by atoms with Gasteiger partial charge in [0.15, 0.2) is 0 Å². The molecule has 4 N–H and O–H groups in total. The van der Waals surface area contributed by atoms with E-state index >= 15 is 0 Å². The summed E-state index contributed by atoms with van der Waals surface area (Å²) < 4.78 is 13.5. The van der Waals surface area contributed by atoms with Gasteiger partial charge in [-0.2, -0.15) is 0 Å². The highest BCUT2D eigenvalue weighted by Gasteiger charge is 2.16. The first kappa shape index (κ1) is 24.7. The molecule has 0 fully saturated rings. The first-order valence-corrected chi connectivity index (χ1v) is 10.9. The highest BCUT2D eigenvalue weighted by atomic mass is 19.1. The lowest BCUT2D eigenvalue weighted by molar-refractivity contribution is 0.102. The van der Waals surface area contributed by atoms with Crippen molar-refractivity contribution in [1.29, 1.82) is 0 Å². The van der Waals surface area contributed by atoms with Crippen LogP contribution in [0.1, 0.15) is 22.5 Å². The Kier molecular flexibility index (Phi) is 8.53. The summed E-state index contributed by atoms with van der Waals surface area (Å²) in [5.74, 6) is -0.802. The number of benzene rings is 2. The van der Waals surface area contributed by atoms with Crippen LogP contribution in [0.4, 0.5) is 26.2 Å². The van der Waals surface area contributed by atoms with Crippen LogP contribution in [0, 0.1) is 5.82 Å². The maximum Gasteiger partial charge on any atom is 0.322 e. The summed E-state index contributed by atoms with van der Waals surface area (Å²) >= 11 is 0. The molecular formula is C25H29FN6O2. The van der Waals surface area contributed by atoms with Crippen molar-refractivity contribution in [2.24, 2.45) is 0 Å². The SMILES string of the molecule is CN(C)CCCN(Cc1ccc(C(=O)Nc2ccccc2N)nc1)C(=O)Nc1cccc(F)c1. The molecule has 0 saturated carbocycles. The van der Waals surface area contributed by atoms with Crippen molar-refractivity contribution in [3.63, 3.8) is 0 Å². The third kappa shape index (κ3) is 7.28. The van der Waals surface area contributed by atoms with Crippen LogP contribution in [0.2, 0.25) is 0 Å². The molecule has 2 aromatic carbocycles. The highest BCUT2D eigenvalue weighted by Crippen LogP contribution is 2.18. The number of urea groups is 1. The largest absolute Gasteiger partial charge is 0.397 e. The van der Waals surface area contributed by atoms with Gasteiger partial charge in [0.1, 0.15) is 11.5 Å². The number of nitrogens with two attached hydrogens (primary N) is 1. The Bertz CT molecular complexity index is 1120. The van der Waals surface area contributed by atoms with E-state index in [-0.39, 0.29) is 24.2 Å². The van der Waals surface area contributed by atoms with Gasteiger partial charge in [0.05, 0.1) is 11.4 Å². The molecule has 0 unspecified atom stereocenters. The quantitative estimate of drug-likeness (QED) is 0.415. The average molecular weight is 465 g/mol. The van der Waals surface area contributed by atoms with Crippen molar-refractivity contribution in [3.05, 3.63) is 83.9 Å². The Morgan fingerprint density at radius 2 is 1.79 bits per heavy atom. The third-order valence-electron chi connectivity index (χ3n) is 5.04. The zero-order valence-electron chi connectivity index (χ0n) is 19.3. The minimum Gasteiger partial charge on any atom is -0.397 e. The molecule has 3 amide bonds. The van der Waals surface area contributed by atoms with Gasteiger partial charge in [-0.05, 0) is 69.0 Å². The van der Waals surface area contributed by atoms with Crippen LogP contribution in [0.5, 0.6) is 0 Å². The molecule has 0 spiro atoms. The van der Waals surface area contributed by atoms with E-state index in [0.717, 1.165) is 18.5 Å². The molecule has 1 heterocycles. The molecule has 1 aromatic heterocycles. The summed E-state index contributed by atoms with van der Waals surface area (Å²) in [6, 6.07) is 15.8. The van der Waals surface area contributed by atoms with E-state index in [1.54, 1.807) is 53.6 Å². The number of carbonyl (C=O) groups is 2. The molecule has 3 aromatic rings. The molecule has 0 bridgehead atoms. The number of halogens is 1. The number of pyridine rings is 1. The van der Waals surface area contributed by atoms with E-state index in [1.807, 2.05) is 19.0 Å². The number of aromatic nitrogens is 1. The molecule has 0 atom stereocenters. The average Bonchev–Trinajstić information content (AvgIpc) is 2.80. The molecule has 3 rings (SSSR count). The molecule has 0 aliphatic rings. The van der Waals surface area contributed by atoms with Gasteiger partial charge >= 0.3 is 6.03 Å². The van der Waals surface area contributed by atoms with Gasteiger partial charge in [0.2, 0.25) is 0 Å². The zero-order chi connectivity index (χ0) is 24.5. The van der Waals surface area contributed by atoms with Crippen molar-refractivity contribution >= 4 is 29.0 Å². The number of nitrogens with one attached hydrogen (secondary N) is 2. The molecule has 0 aliphatic heterocycles.